The number of amides is 1. The van der Waals surface area contributed by atoms with Crippen LogP contribution in [0.2, 0.25) is 0 Å². The number of hydrogen-bond acceptors (Lipinski definition) is 5. The highest BCUT2D eigenvalue weighted by Crippen LogP contribution is 2.19. The van der Waals surface area contributed by atoms with Gasteiger partial charge >= 0.3 is 0 Å². The van der Waals surface area contributed by atoms with Crippen molar-refractivity contribution in [2.24, 2.45) is 0 Å². The average Bonchev–Trinajstić information content (AvgIpc) is 2.54. The molecule has 2 unspecified atom stereocenters. The summed E-state index contributed by atoms with van der Waals surface area (Å²) in [5, 5.41) is 12.5. The molecule has 1 fully saturated rings. The van der Waals surface area contributed by atoms with E-state index < -0.39 is 22.2 Å². The van der Waals surface area contributed by atoms with E-state index in [0.717, 1.165) is 23.7 Å². The first kappa shape index (κ1) is 18.9. The Kier molecular flexibility index (Phi) is 5.97. The van der Waals surface area contributed by atoms with Crippen LogP contribution in [0.5, 0.6) is 0 Å². The first-order valence-corrected chi connectivity index (χ1v) is 9.41. The molecule has 0 spiro atoms. The van der Waals surface area contributed by atoms with Crippen LogP contribution in [-0.4, -0.2) is 68.0 Å². The van der Waals surface area contributed by atoms with E-state index in [9.17, 15) is 18.3 Å². The standard InChI is InChI=1S/C16H25N3O4S/c1-12(19-9-5-7-14(20)11-19)16(21)17-13-6-4-8-15(10-13)24(22,23)18(2)3/h4,6,8,10,12,14,20H,5,7,9,11H2,1-3H3,(H,17,21). The van der Waals surface area contributed by atoms with Crippen LogP contribution < -0.4 is 5.32 Å². The fraction of sp³-hybridized carbons (Fsp3) is 0.562. The van der Waals surface area contributed by atoms with Crippen molar-refractivity contribution >= 4 is 21.6 Å². The normalized spacial score (nSPS) is 20.8. The van der Waals surface area contributed by atoms with Gasteiger partial charge in [0.15, 0.2) is 0 Å². The van der Waals surface area contributed by atoms with Crippen LogP contribution in [0.3, 0.4) is 0 Å². The van der Waals surface area contributed by atoms with E-state index in [4.69, 9.17) is 0 Å². The highest BCUT2D eigenvalue weighted by Gasteiger charge is 2.26. The van der Waals surface area contributed by atoms with E-state index in [1.165, 1.54) is 26.2 Å². The maximum Gasteiger partial charge on any atom is 0.242 e. The summed E-state index contributed by atoms with van der Waals surface area (Å²) in [7, 11) is -0.619. The van der Waals surface area contributed by atoms with Crippen LogP contribution in [0.1, 0.15) is 19.8 Å². The maximum atomic E-state index is 12.4. The zero-order valence-corrected chi connectivity index (χ0v) is 15.1. The summed E-state index contributed by atoms with van der Waals surface area (Å²) >= 11 is 0. The highest BCUT2D eigenvalue weighted by molar-refractivity contribution is 7.89. The molecule has 2 atom stereocenters. The molecular formula is C16H25N3O4S. The van der Waals surface area contributed by atoms with Gasteiger partial charge < -0.3 is 10.4 Å². The molecule has 8 heteroatoms. The van der Waals surface area contributed by atoms with E-state index >= 15 is 0 Å². The summed E-state index contributed by atoms with van der Waals surface area (Å²) in [6.45, 7) is 3.03. The van der Waals surface area contributed by atoms with Gasteiger partial charge in [-0.25, -0.2) is 12.7 Å². The molecule has 0 bridgehead atoms. The van der Waals surface area contributed by atoms with Gasteiger partial charge in [0.2, 0.25) is 15.9 Å². The van der Waals surface area contributed by atoms with Gasteiger partial charge in [-0.05, 0) is 44.5 Å². The van der Waals surface area contributed by atoms with Gasteiger partial charge in [0.05, 0.1) is 17.0 Å². The molecule has 24 heavy (non-hydrogen) atoms. The van der Waals surface area contributed by atoms with E-state index in [-0.39, 0.29) is 10.8 Å². The number of β-amino-alcohol motifs (C(OH)–C–C–N with tert-alkyl or cyclic N) is 1. The Morgan fingerprint density at radius 1 is 1.42 bits per heavy atom. The molecule has 1 saturated heterocycles. The Balaban J connectivity index is 2.09. The fourth-order valence-electron chi connectivity index (χ4n) is 2.69. The zero-order valence-electron chi connectivity index (χ0n) is 14.3. The van der Waals surface area contributed by atoms with Crippen molar-refractivity contribution in [3.8, 4) is 0 Å². The van der Waals surface area contributed by atoms with Crippen LogP contribution in [0.25, 0.3) is 0 Å². The van der Waals surface area contributed by atoms with Gasteiger partial charge in [0.25, 0.3) is 0 Å². The third-order valence-corrected chi connectivity index (χ3v) is 6.05. The Bertz CT molecular complexity index is 690. The first-order chi connectivity index (χ1) is 11.2. The Morgan fingerprint density at radius 3 is 2.75 bits per heavy atom. The third kappa shape index (κ3) is 4.32. The van der Waals surface area contributed by atoms with Crippen molar-refractivity contribution in [2.75, 3.05) is 32.5 Å². The van der Waals surface area contributed by atoms with Crippen molar-refractivity contribution in [1.29, 1.82) is 0 Å². The van der Waals surface area contributed by atoms with Crippen molar-refractivity contribution in [3.05, 3.63) is 24.3 Å². The Labute approximate surface area is 143 Å². The molecule has 1 aliphatic rings. The number of carbonyl (C=O) groups is 1. The molecule has 1 amide bonds. The molecular weight excluding hydrogens is 330 g/mol. The molecule has 134 valence electrons. The lowest BCUT2D eigenvalue weighted by Gasteiger charge is -2.33. The van der Waals surface area contributed by atoms with E-state index in [1.807, 2.05) is 4.90 Å². The number of likely N-dealkylation sites (tertiary alicyclic amines) is 1. The second-order valence-electron chi connectivity index (χ2n) is 6.27. The minimum Gasteiger partial charge on any atom is -0.392 e. The number of benzene rings is 1. The number of piperidine rings is 1. The minimum absolute atomic E-state index is 0.131. The molecule has 2 rings (SSSR count). The van der Waals surface area contributed by atoms with Crippen LogP contribution in [0.15, 0.2) is 29.2 Å². The van der Waals surface area contributed by atoms with E-state index in [1.54, 1.807) is 19.1 Å². The summed E-state index contributed by atoms with van der Waals surface area (Å²) in [5.74, 6) is -0.219. The molecule has 1 aromatic rings. The Morgan fingerprint density at radius 2 is 2.12 bits per heavy atom. The van der Waals surface area contributed by atoms with Crippen molar-refractivity contribution in [2.45, 2.75) is 36.8 Å². The lowest BCUT2D eigenvalue weighted by molar-refractivity contribution is -0.121. The number of rotatable bonds is 5. The van der Waals surface area contributed by atoms with Crippen molar-refractivity contribution in [3.63, 3.8) is 0 Å². The summed E-state index contributed by atoms with van der Waals surface area (Å²) in [4.78, 5) is 14.5. The number of anilines is 1. The minimum atomic E-state index is -3.54. The number of nitrogens with zero attached hydrogens (tertiary/aromatic N) is 2. The third-order valence-electron chi connectivity index (χ3n) is 4.24. The molecule has 1 aliphatic heterocycles. The van der Waals surface area contributed by atoms with Gasteiger partial charge in [0.1, 0.15) is 0 Å². The topological polar surface area (TPSA) is 90.0 Å². The largest absolute Gasteiger partial charge is 0.392 e. The predicted octanol–water partition coefficient (Wildman–Crippen LogP) is 0.721. The van der Waals surface area contributed by atoms with Crippen molar-refractivity contribution in [1.82, 2.24) is 9.21 Å². The molecule has 0 saturated carbocycles. The fourth-order valence-corrected chi connectivity index (χ4v) is 3.64. The molecule has 1 heterocycles. The highest BCUT2D eigenvalue weighted by atomic mass is 32.2. The van der Waals surface area contributed by atoms with Crippen LogP contribution in [0, 0.1) is 0 Å². The second-order valence-corrected chi connectivity index (χ2v) is 8.42. The average molecular weight is 355 g/mol. The van der Waals surface area contributed by atoms with Gasteiger partial charge in [-0.1, -0.05) is 6.07 Å². The quantitative estimate of drug-likeness (QED) is 0.812. The van der Waals surface area contributed by atoms with E-state index in [2.05, 4.69) is 5.32 Å². The molecule has 2 N–H and O–H groups in total. The van der Waals surface area contributed by atoms with Crippen molar-refractivity contribution < 1.29 is 18.3 Å². The Hall–Kier alpha value is -1.48. The number of sulfonamides is 1. The smallest absolute Gasteiger partial charge is 0.242 e. The number of hydrogen-bond donors (Lipinski definition) is 2. The summed E-state index contributed by atoms with van der Waals surface area (Å²) < 4.78 is 25.5. The lowest BCUT2D eigenvalue weighted by Crippen LogP contribution is -2.48. The molecule has 0 aromatic heterocycles. The second kappa shape index (κ2) is 7.60. The molecule has 7 nitrogen and oxygen atoms in total. The lowest BCUT2D eigenvalue weighted by atomic mass is 10.1. The number of carbonyl (C=O) groups excluding carboxylic acids is 1. The van der Waals surface area contributed by atoms with Gasteiger partial charge in [0, 0.05) is 26.3 Å². The molecule has 0 aliphatic carbocycles. The van der Waals surface area contributed by atoms with Crippen LogP contribution in [0.4, 0.5) is 5.69 Å². The summed E-state index contributed by atoms with van der Waals surface area (Å²) in [6, 6.07) is 5.81. The first-order valence-electron chi connectivity index (χ1n) is 7.97. The monoisotopic (exact) mass is 355 g/mol. The summed E-state index contributed by atoms with van der Waals surface area (Å²) in [6.07, 6.45) is 1.22. The number of aliphatic hydroxyl groups is 1. The number of nitrogens with one attached hydrogen (secondary N) is 1. The molecule has 1 aromatic carbocycles. The number of aliphatic hydroxyl groups excluding tert-OH is 1. The van der Waals surface area contributed by atoms with Gasteiger partial charge in [-0.2, -0.15) is 0 Å². The zero-order chi connectivity index (χ0) is 17.9. The summed E-state index contributed by atoms with van der Waals surface area (Å²) in [5.41, 5.74) is 0.437. The van der Waals surface area contributed by atoms with Crippen LogP contribution in [-0.2, 0) is 14.8 Å². The molecule has 0 radical (unpaired) electrons. The van der Waals surface area contributed by atoms with Gasteiger partial charge in [-0.15, -0.1) is 0 Å². The maximum absolute atomic E-state index is 12.4. The van der Waals surface area contributed by atoms with E-state index in [0.29, 0.717) is 12.2 Å². The van der Waals surface area contributed by atoms with Crippen LogP contribution >= 0.6 is 0 Å². The van der Waals surface area contributed by atoms with Gasteiger partial charge in [-0.3, -0.25) is 9.69 Å². The SMILES string of the molecule is CC(C(=O)Nc1cccc(S(=O)(=O)N(C)C)c1)N1CCCC(O)C1. The predicted molar refractivity (Wildman–Crippen MR) is 92.2 cm³/mol.